The van der Waals surface area contributed by atoms with Crippen molar-refractivity contribution in [1.29, 1.82) is 0 Å². The molecule has 0 saturated heterocycles. The lowest BCUT2D eigenvalue weighted by Gasteiger charge is -2.24. The van der Waals surface area contributed by atoms with Crippen molar-refractivity contribution >= 4 is 22.8 Å². The molecule has 7 heteroatoms. The Labute approximate surface area is 152 Å². The van der Waals surface area contributed by atoms with Gasteiger partial charge in [-0.25, -0.2) is 9.50 Å². The third-order valence-electron chi connectivity index (χ3n) is 5.02. The summed E-state index contributed by atoms with van der Waals surface area (Å²) in [5.74, 6) is 1.70. The third kappa shape index (κ3) is 3.30. The predicted octanol–water partition coefficient (Wildman–Crippen LogP) is 3.05. The van der Waals surface area contributed by atoms with Gasteiger partial charge in [-0.1, -0.05) is 0 Å². The van der Waals surface area contributed by atoms with Gasteiger partial charge in [0.05, 0.1) is 24.7 Å². The molecule has 1 saturated carbocycles. The number of benzene rings is 1. The topological polar surface area (TPSA) is 103 Å². The maximum absolute atomic E-state index is 6.03. The highest BCUT2D eigenvalue weighted by atomic mass is 16.5. The van der Waals surface area contributed by atoms with Gasteiger partial charge in [0.1, 0.15) is 11.6 Å². The van der Waals surface area contributed by atoms with Crippen molar-refractivity contribution in [3.05, 3.63) is 42.2 Å². The van der Waals surface area contributed by atoms with Crippen molar-refractivity contribution in [2.45, 2.75) is 37.6 Å². The summed E-state index contributed by atoms with van der Waals surface area (Å²) >= 11 is 0. The molecule has 0 amide bonds. The fraction of sp³-hybridized carbons (Fsp3) is 0.368. The first-order valence-electron chi connectivity index (χ1n) is 8.95. The average Bonchev–Trinajstić information content (AvgIpc) is 3.07. The van der Waals surface area contributed by atoms with Gasteiger partial charge in [0.2, 0.25) is 0 Å². The summed E-state index contributed by atoms with van der Waals surface area (Å²) in [4.78, 5) is 4.85. The molecule has 0 atom stereocenters. The highest BCUT2D eigenvalue weighted by Crippen LogP contribution is 2.33. The van der Waals surface area contributed by atoms with Crippen LogP contribution in [0.2, 0.25) is 0 Å². The Balaban J connectivity index is 1.65. The van der Waals surface area contributed by atoms with Crippen molar-refractivity contribution in [3.8, 4) is 5.75 Å². The minimum atomic E-state index is 0.323. The lowest BCUT2D eigenvalue weighted by molar-refractivity contribution is 0.391. The fourth-order valence-electron chi connectivity index (χ4n) is 3.55. The van der Waals surface area contributed by atoms with Gasteiger partial charge in [0.25, 0.3) is 0 Å². The number of hydrogen-bond acceptors (Lipinski definition) is 6. The van der Waals surface area contributed by atoms with Crippen LogP contribution in [-0.4, -0.2) is 27.7 Å². The number of rotatable bonds is 4. The molecule has 0 bridgehead atoms. The van der Waals surface area contributed by atoms with E-state index in [-0.39, 0.29) is 0 Å². The Kier molecular flexibility index (Phi) is 4.38. The summed E-state index contributed by atoms with van der Waals surface area (Å²) in [7, 11) is 1.65. The molecule has 0 spiro atoms. The summed E-state index contributed by atoms with van der Waals surface area (Å²) in [6.07, 6.45) is 6.23. The molecule has 0 aliphatic heterocycles. The maximum Gasteiger partial charge on any atom is 0.177 e. The molecule has 0 unspecified atom stereocenters. The molecular weight excluding hydrogens is 328 g/mol. The Morgan fingerprint density at radius 1 is 1.15 bits per heavy atom. The lowest BCUT2D eigenvalue weighted by atomic mass is 9.85. The molecule has 0 radical (unpaired) electrons. The van der Waals surface area contributed by atoms with Crippen LogP contribution in [0.4, 0.5) is 17.2 Å². The number of nitrogen functional groups attached to an aromatic ring is 1. The normalized spacial score (nSPS) is 20.2. The fourth-order valence-corrected chi connectivity index (χ4v) is 3.55. The minimum absolute atomic E-state index is 0.323. The lowest BCUT2D eigenvalue weighted by Crippen LogP contribution is -2.25. The SMILES string of the molecule is COc1ccc(Nc2cc(N)nn3cc(C4CCC(N)CC4)nc23)cc1. The number of aromatic nitrogens is 3. The van der Waals surface area contributed by atoms with E-state index in [9.17, 15) is 0 Å². The van der Waals surface area contributed by atoms with Crippen LogP contribution in [0.5, 0.6) is 5.75 Å². The van der Waals surface area contributed by atoms with Gasteiger partial charge in [-0.2, -0.15) is 0 Å². The first kappa shape index (κ1) is 16.7. The van der Waals surface area contributed by atoms with Crippen LogP contribution < -0.4 is 21.5 Å². The van der Waals surface area contributed by atoms with Gasteiger partial charge in [0, 0.05) is 23.7 Å². The number of nitrogens with one attached hydrogen (secondary N) is 1. The Morgan fingerprint density at radius 2 is 1.88 bits per heavy atom. The molecule has 3 aromatic rings. The van der Waals surface area contributed by atoms with E-state index in [1.54, 1.807) is 11.6 Å². The molecule has 2 heterocycles. The summed E-state index contributed by atoms with van der Waals surface area (Å²) in [6, 6.07) is 9.87. The van der Waals surface area contributed by atoms with Crippen molar-refractivity contribution in [1.82, 2.24) is 14.6 Å². The van der Waals surface area contributed by atoms with E-state index < -0.39 is 0 Å². The van der Waals surface area contributed by atoms with Crippen LogP contribution in [-0.2, 0) is 0 Å². The molecule has 1 aliphatic carbocycles. The second-order valence-corrected chi connectivity index (χ2v) is 6.88. The summed E-state index contributed by atoms with van der Waals surface area (Å²) < 4.78 is 6.97. The second-order valence-electron chi connectivity index (χ2n) is 6.88. The number of nitrogens with zero attached hydrogens (tertiary/aromatic N) is 3. The van der Waals surface area contributed by atoms with E-state index in [0.29, 0.717) is 17.8 Å². The molecule has 2 aromatic heterocycles. The number of fused-ring (bicyclic) bond motifs is 1. The van der Waals surface area contributed by atoms with Gasteiger partial charge in [-0.05, 0) is 49.9 Å². The zero-order valence-corrected chi connectivity index (χ0v) is 14.9. The molecule has 4 rings (SSSR count). The minimum Gasteiger partial charge on any atom is -0.497 e. The standard InChI is InChI=1S/C19H24N6O/c1-26-15-8-6-14(7-9-15)22-16-10-18(21)24-25-11-17(23-19(16)25)12-2-4-13(20)5-3-12/h6-13,22H,2-5,20H2,1H3,(H2,21,24). The average molecular weight is 352 g/mol. The van der Waals surface area contributed by atoms with E-state index >= 15 is 0 Å². The van der Waals surface area contributed by atoms with E-state index in [4.69, 9.17) is 21.2 Å². The summed E-state index contributed by atoms with van der Waals surface area (Å²) in [5, 5.41) is 7.77. The smallest absolute Gasteiger partial charge is 0.177 e. The Hall–Kier alpha value is -2.80. The first-order chi connectivity index (χ1) is 12.6. The van der Waals surface area contributed by atoms with Crippen LogP contribution in [0.25, 0.3) is 5.65 Å². The van der Waals surface area contributed by atoms with E-state index in [1.165, 1.54) is 0 Å². The Bertz CT molecular complexity index is 896. The van der Waals surface area contributed by atoms with Crippen LogP contribution in [0.1, 0.15) is 37.3 Å². The predicted molar refractivity (Wildman–Crippen MR) is 103 cm³/mol. The van der Waals surface area contributed by atoms with Crippen molar-refractivity contribution < 1.29 is 4.74 Å². The van der Waals surface area contributed by atoms with E-state index in [0.717, 1.165) is 54.1 Å². The van der Waals surface area contributed by atoms with Crippen molar-refractivity contribution in [2.24, 2.45) is 5.73 Å². The first-order valence-corrected chi connectivity index (χ1v) is 8.95. The number of hydrogen-bond donors (Lipinski definition) is 3. The quantitative estimate of drug-likeness (QED) is 0.667. The number of anilines is 3. The van der Waals surface area contributed by atoms with Crippen LogP contribution in [0.15, 0.2) is 36.5 Å². The van der Waals surface area contributed by atoms with E-state index in [1.807, 2.05) is 36.5 Å². The third-order valence-corrected chi connectivity index (χ3v) is 5.02. The van der Waals surface area contributed by atoms with Crippen LogP contribution in [0, 0.1) is 0 Å². The molecular formula is C19H24N6O. The second kappa shape index (κ2) is 6.84. The van der Waals surface area contributed by atoms with Gasteiger partial charge < -0.3 is 21.5 Å². The van der Waals surface area contributed by atoms with E-state index in [2.05, 4.69) is 10.4 Å². The highest BCUT2D eigenvalue weighted by Gasteiger charge is 2.23. The van der Waals surface area contributed by atoms with Gasteiger partial charge >= 0.3 is 0 Å². The van der Waals surface area contributed by atoms with Crippen molar-refractivity contribution in [3.63, 3.8) is 0 Å². The van der Waals surface area contributed by atoms with Gasteiger partial charge in [-0.15, -0.1) is 5.10 Å². The van der Waals surface area contributed by atoms with Crippen molar-refractivity contribution in [2.75, 3.05) is 18.2 Å². The molecule has 1 fully saturated rings. The highest BCUT2D eigenvalue weighted by molar-refractivity contribution is 5.75. The molecule has 1 aliphatic rings. The monoisotopic (exact) mass is 352 g/mol. The van der Waals surface area contributed by atoms with Crippen LogP contribution >= 0.6 is 0 Å². The van der Waals surface area contributed by atoms with Gasteiger partial charge in [0.15, 0.2) is 5.65 Å². The number of methoxy groups -OCH3 is 1. The number of nitrogens with two attached hydrogens (primary N) is 2. The molecule has 7 nitrogen and oxygen atoms in total. The van der Waals surface area contributed by atoms with Gasteiger partial charge in [-0.3, -0.25) is 0 Å². The number of imidazole rings is 1. The largest absolute Gasteiger partial charge is 0.497 e. The number of ether oxygens (including phenoxy) is 1. The zero-order chi connectivity index (χ0) is 18.1. The molecule has 26 heavy (non-hydrogen) atoms. The summed E-state index contributed by atoms with van der Waals surface area (Å²) in [5.41, 5.74) is 15.6. The Morgan fingerprint density at radius 3 is 2.58 bits per heavy atom. The molecule has 5 N–H and O–H groups in total. The van der Waals surface area contributed by atoms with Crippen LogP contribution in [0.3, 0.4) is 0 Å². The molecule has 1 aromatic carbocycles. The summed E-state index contributed by atoms with van der Waals surface area (Å²) in [6.45, 7) is 0. The zero-order valence-electron chi connectivity index (χ0n) is 14.9. The maximum atomic E-state index is 6.03. The molecule has 136 valence electrons.